The minimum atomic E-state index is -0.634. The number of hydrogen-bond donors (Lipinski definition) is 2. The maximum absolute atomic E-state index is 9.91. The largest absolute Gasteiger partial charge is 0.389 e. The zero-order chi connectivity index (χ0) is 15.5. The van der Waals surface area contributed by atoms with Gasteiger partial charge in [0.25, 0.3) is 0 Å². The molecule has 0 aromatic carbocycles. The van der Waals surface area contributed by atoms with E-state index in [1.807, 2.05) is 33.9 Å². The summed E-state index contributed by atoms with van der Waals surface area (Å²) in [6.45, 7) is 13.1. The van der Waals surface area contributed by atoms with Crippen LogP contribution in [0.2, 0.25) is 0 Å². The Balaban J connectivity index is 2.00. The highest BCUT2D eigenvalue weighted by Gasteiger charge is 2.24. The molecule has 0 spiro atoms. The van der Waals surface area contributed by atoms with E-state index in [1.165, 1.54) is 0 Å². The highest BCUT2D eigenvalue weighted by atomic mass is 16.3. The van der Waals surface area contributed by atoms with Crippen LogP contribution < -0.4 is 10.2 Å². The minimum Gasteiger partial charge on any atom is -0.389 e. The van der Waals surface area contributed by atoms with Gasteiger partial charge in [-0.05, 0) is 27.7 Å². The molecule has 1 aromatic rings. The van der Waals surface area contributed by atoms with Gasteiger partial charge in [0, 0.05) is 51.0 Å². The van der Waals surface area contributed by atoms with E-state index in [0.717, 1.165) is 44.1 Å². The Labute approximate surface area is 127 Å². The zero-order valence-corrected chi connectivity index (χ0v) is 13.6. The van der Waals surface area contributed by atoms with Crippen molar-refractivity contribution in [2.75, 3.05) is 49.5 Å². The van der Waals surface area contributed by atoms with Crippen molar-refractivity contribution < 1.29 is 5.11 Å². The molecule has 2 rings (SSSR count). The Hall–Kier alpha value is -1.40. The van der Waals surface area contributed by atoms with Crippen molar-refractivity contribution >= 4 is 11.8 Å². The summed E-state index contributed by atoms with van der Waals surface area (Å²) in [6.07, 6.45) is 1.88. The van der Waals surface area contributed by atoms with Gasteiger partial charge < -0.3 is 15.3 Å². The molecule has 0 radical (unpaired) electrons. The molecule has 0 bridgehead atoms. The second-order valence-electron chi connectivity index (χ2n) is 6.31. The number of aromatic nitrogens is 2. The van der Waals surface area contributed by atoms with Gasteiger partial charge in [-0.15, -0.1) is 0 Å². The van der Waals surface area contributed by atoms with Crippen LogP contribution in [0, 0.1) is 6.92 Å². The topological polar surface area (TPSA) is 64.5 Å². The number of aliphatic hydroxyl groups is 1. The summed E-state index contributed by atoms with van der Waals surface area (Å²) in [7, 11) is 0. The summed E-state index contributed by atoms with van der Waals surface area (Å²) < 4.78 is 0. The molecule has 2 N–H and O–H groups in total. The van der Waals surface area contributed by atoms with E-state index >= 15 is 0 Å². The summed E-state index contributed by atoms with van der Waals surface area (Å²) in [5.74, 6) is 1.71. The molecule has 6 heteroatoms. The molecular formula is C15H27N5O. The third-order valence-corrected chi connectivity index (χ3v) is 3.56. The first-order valence-corrected chi connectivity index (χ1v) is 7.66. The van der Waals surface area contributed by atoms with Gasteiger partial charge in [-0.2, -0.15) is 4.98 Å². The fourth-order valence-corrected chi connectivity index (χ4v) is 2.66. The first kappa shape index (κ1) is 16.0. The summed E-state index contributed by atoms with van der Waals surface area (Å²) in [6, 6.07) is 0. The van der Waals surface area contributed by atoms with Gasteiger partial charge in [0.15, 0.2) is 0 Å². The molecule has 2 heterocycles. The number of anilines is 2. The van der Waals surface area contributed by atoms with Crippen molar-refractivity contribution in [2.45, 2.75) is 33.3 Å². The van der Waals surface area contributed by atoms with Crippen LogP contribution in [-0.2, 0) is 0 Å². The van der Waals surface area contributed by atoms with Crippen LogP contribution >= 0.6 is 0 Å². The number of rotatable bonds is 5. The first-order chi connectivity index (χ1) is 9.89. The average molecular weight is 293 g/mol. The number of hydrogen-bond acceptors (Lipinski definition) is 6. The molecule has 0 atom stereocenters. The Kier molecular flexibility index (Phi) is 5.00. The van der Waals surface area contributed by atoms with Crippen molar-refractivity contribution in [3.05, 3.63) is 11.8 Å². The molecule has 0 unspecified atom stereocenters. The molecule has 118 valence electrons. The number of β-amino-alcohol motifs (C(OH)–C–C–N with tert-alkyl or cyclic N) is 1. The van der Waals surface area contributed by atoms with E-state index in [2.05, 4.69) is 25.1 Å². The molecule has 21 heavy (non-hydrogen) atoms. The number of nitrogens with one attached hydrogen (secondary N) is 1. The van der Waals surface area contributed by atoms with E-state index in [1.54, 1.807) is 0 Å². The molecule has 0 amide bonds. The quantitative estimate of drug-likeness (QED) is 0.848. The van der Waals surface area contributed by atoms with E-state index in [-0.39, 0.29) is 0 Å². The van der Waals surface area contributed by atoms with Crippen LogP contribution in [0.25, 0.3) is 0 Å². The van der Waals surface area contributed by atoms with E-state index in [0.29, 0.717) is 12.5 Å². The Morgan fingerprint density at radius 1 is 1.29 bits per heavy atom. The molecule has 1 fully saturated rings. The van der Waals surface area contributed by atoms with Crippen molar-refractivity contribution in [1.29, 1.82) is 0 Å². The molecule has 0 aliphatic carbocycles. The SMILES string of the molecule is CCNc1ncc(C)c(N2CCN(CC(C)(C)O)CC2)n1. The zero-order valence-electron chi connectivity index (χ0n) is 13.6. The van der Waals surface area contributed by atoms with E-state index in [4.69, 9.17) is 0 Å². The van der Waals surface area contributed by atoms with Crippen LogP contribution in [0.5, 0.6) is 0 Å². The Morgan fingerprint density at radius 2 is 1.95 bits per heavy atom. The lowest BCUT2D eigenvalue weighted by Crippen LogP contribution is -2.50. The van der Waals surface area contributed by atoms with E-state index < -0.39 is 5.60 Å². The predicted molar refractivity (Wildman–Crippen MR) is 85.9 cm³/mol. The van der Waals surface area contributed by atoms with Crippen LogP contribution in [0.4, 0.5) is 11.8 Å². The third-order valence-electron chi connectivity index (χ3n) is 3.56. The fraction of sp³-hybridized carbons (Fsp3) is 0.733. The van der Waals surface area contributed by atoms with E-state index in [9.17, 15) is 5.11 Å². The maximum atomic E-state index is 9.91. The van der Waals surface area contributed by atoms with Gasteiger partial charge in [-0.25, -0.2) is 4.98 Å². The summed E-state index contributed by atoms with van der Waals surface area (Å²) in [5, 5.41) is 13.1. The highest BCUT2D eigenvalue weighted by molar-refractivity contribution is 5.49. The Bertz CT molecular complexity index is 464. The average Bonchev–Trinajstić information content (AvgIpc) is 2.40. The minimum absolute atomic E-state index is 0.634. The maximum Gasteiger partial charge on any atom is 0.224 e. The fourth-order valence-electron chi connectivity index (χ4n) is 2.66. The van der Waals surface area contributed by atoms with Gasteiger partial charge in [-0.1, -0.05) is 0 Å². The summed E-state index contributed by atoms with van der Waals surface area (Å²) in [4.78, 5) is 13.5. The molecule has 6 nitrogen and oxygen atoms in total. The first-order valence-electron chi connectivity index (χ1n) is 7.66. The second-order valence-corrected chi connectivity index (χ2v) is 6.31. The molecule has 1 aromatic heterocycles. The van der Waals surface area contributed by atoms with Crippen LogP contribution in [-0.4, -0.2) is 64.8 Å². The van der Waals surface area contributed by atoms with Crippen molar-refractivity contribution in [3.8, 4) is 0 Å². The number of aryl methyl sites for hydroxylation is 1. The van der Waals surface area contributed by atoms with Gasteiger partial charge in [-0.3, -0.25) is 4.90 Å². The lowest BCUT2D eigenvalue weighted by atomic mass is 10.1. The van der Waals surface area contributed by atoms with Crippen LogP contribution in [0.15, 0.2) is 6.20 Å². The van der Waals surface area contributed by atoms with Gasteiger partial charge in [0.1, 0.15) is 5.82 Å². The van der Waals surface area contributed by atoms with Crippen molar-refractivity contribution in [1.82, 2.24) is 14.9 Å². The number of piperazine rings is 1. The molecule has 1 aliphatic rings. The normalized spacial score (nSPS) is 17.1. The molecule has 0 saturated carbocycles. The van der Waals surface area contributed by atoms with Gasteiger partial charge in [0.2, 0.25) is 5.95 Å². The lowest BCUT2D eigenvalue weighted by Gasteiger charge is -2.38. The van der Waals surface area contributed by atoms with Gasteiger partial charge >= 0.3 is 0 Å². The molecule has 1 saturated heterocycles. The highest BCUT2D eigenvalue weighted by Crippen LogP contribution is 2.20. The van der Waals surface area contributed by atoms with Gasteiger partial charge in [0.05, 0.1) is 5.60 Å². The monoisotopic (exact) mass is 293 g/mol. The molecule has 1 aliphatic heterocycles. The second kappa shape index (κ2) is 6.58. The van der Waals surface area contributed by atoms with Crippen LogP contribution in [0.1, 0.15) is 26.3 Å². The third kappa shape index (κ3) is 4.54. The summed E-state index contributed by atoms with van der Waals surface area (Å²) in [5.41, 5.74) is 0.471. The number of nitrogens with zero attached hydrogens (tertiary/aromatic N) is 4. The van der Waals surface area contributed by atoms with Crippen LogP contribution in [0.3, 0.4) is 0 Å². The van der Waals surface area contributed by atoms with Crippen molar-refractivity contribution in [3.63, 3.8) is 0 Å². The Morgan fingerprint density at radius 3 is 2.52 bits per heavy atom. The van der Waals surface area contributed by atoms with Crippen molar-refractivity contribution in [2.24, 2.45) is 0 Å². The summed E-state index contributed by atoms with van der Waals surface area (Å²) >= 11 is 0. The smallest absolute Gasteiger partial charge is 0.224 e. The molecular weight excluding hydrogens is 266 g/mol. The predicted octanol–water partition coefficient (Wildman–Crippen LogP) is 1.11. The lowest BCUT2D eigenvalue weighted by molar-refractivity contribution is 0.0344. The standard InChI is InChI=1S/C15H27N5O/c1-5-16-14-17-10-12(2)13(18-14)20-8-6-19(7-9-20)11-15(3,4)21/h10,21H,5-9,11H2,1-4H3,(H,16,17,18).